The van der Waals surface area contributed by atoms with Gasteiger partial charge in [0, 0.05) is 10.2 Å². The van der Waals surface area contributed by atoms with Gasteiger partial charge in [0.05, 0.1) is 6.04 Å². The molecule has 0 radical (unpaired) electrons. The van der Waals surface area contributed by atoms with Crippen molar-refractivity contribution in [1.29, 1.82) is 0 Å². The second-order valence-corrected chi connectivity index (χ2v) is 5.78. The van der Waals surface area contributed by atoms with E-state index in [9.17, 15) is 0 Å². The SMILES string of the molecule is CCCc1ccc(C(NN)c2cc(Br)ccc2N)cc1. The van der Waals surface area contributed by atoms with Gasteiger partial charge < -0.3 is 5.73 Å². The monoisotopic (exact) mass is 333 g/mol. The van der Waals surface area contributed by atoms with Gasteiger partial charge in [-0.3, -0.25) is 5.84 Å². The molecule has 20 heavy (non-hydrogen) atoms. The molecule has 0 heterocycles. The summed E-state index contributed by atoms with van der Waals surface area (Å²) < 4.78 is 0.990. The zero-order valence-corrected chi connectivity index (χ0v) is 13.2. The van der Waals surface area contributed by atoms with Crippen molar-refractivity contribution in [3.05, 3.63) is 63.6 Å². The van der Waals surface area contributed by atoms with Crippen molar-refractivity contribution in [2.24, 2.45) is 5.84 Å². The summed E-state index contributed by atoms with van der Waals surface area (Å²) in [5.41, 5.74) is 13.1. The predicted molar refractivity (Wildman–Crippen MR) is 88.2 cm³/mol. The third-order valence-corrected chi connectivity index (χ3v) is 3.87. The molecule has 2 aromatic rings. The number of aryl methyl sites for hydroxylation is 1. The molecule has 0 saturated heterocycles. The highest BCUT2D eigenvalue weighted by Crippen LogP contribution is 2.29. The van der Waals surface area contributed by atoms with E-state index in [4.69, 9.17) is 11.6 Å². The minimum atomic E-state index is -0.108. The Labute approximate surface area is 128 Å². The van der Waals surface area contributed by atoms with Crippen molar-refractivity contribution >= 4 is 21.6 Å². The van der Waals surface area contributed by atoms with Gasteiger partial charge in [-0.25, -0.2) is 5.43 Å². The Morgan fingerprint density at radius 1 is 1.15 bits per heavy atom. The molecule has 3 nitrogen and oxygen atoms in total. The molecule has 5 N–H and O–H groups in total. The summed E-state index contributed by atoms with van der Waals surface area (Å²) in [5.74, 6) is 5.73. The first-order chi connectivity index (χ1) is 9.65. The average Bonchev–Trinajstić information content (AvgIpc) is 2.45. The number of hydrazine groups is 1. The Morgan fingerprint density at radius 3 is 2.45 bits per heavy atom. The highest BCUT2D eigenvalue weighted by Gasteiger charge is 2.15. The van der Waals surface area contributed by atoms with E-state index >= 15 is 0 Å². The Bertz CT molecular complexity index is 566. The highest BCUT2D eigenvalue weighted by molar-refractivity contribution is 9.10. The van der Waals surface area contributed by atoms with Crippen molar-refractivity contribution < 1.29 is 0 Å². The minimum Gasteiger partial charge on any atom is -0.398 e. The van der Waals surface area contributed by atoms with E-state index in [-0.39, 0.29) is 6.04 Å². The molecule has 2 aromatic carbocycles. The van der Waals surface area contributed by atoms with E-state index in [0.29, 0.717) is 0 Å². The number of hydrogen-bond donors (Lipinski definition) is 3. The minimum absolute atomic E-state index is 0.108. The summed E-state index contributed by atoms with van der Waals surface area (Å²) >= 11 is 3.47. The van der Waals surface area contributed by atoms with Crippen LogP contribution in [0.4, 0.5) is 5.69 Å². The van der Waals surface area contributed by atoms with Crippen LogP contribution in [0.15, 0.2) is 46.9 Å². The fourth-order valence-corrected chi connectivity index (χ4v) is 2.71. The van der Waals surface area contributed by atoms with E-state index in [1.54, 1.807) is 0 Å². The van der Waals surface area contributed by atoms with E-state index in [1.807, 2.05) is 18.2 Å². The summed E-state index contributed by atoms with van der Waals surface area (Å²) in [6, 6.07) is 14.2. The van der Waals surface area contributed by atoms with Crippen LogP contribution in [0.1, 0.15) is 36.1 Å². The molecule has 4 heteroatoms. The number of rotatable bonds is 5. The maximum Gasteiger partial charge on any atom is 0.0730 e. The van der Waals surface area contributed by atoms with Crippen LogP contribution in [0.5, 0.6) is 0 Å². The van der Waals surface area contributed by atoms with Gasteiger partial charge in [0.15, 0.2) is 0 Å². The van der Waals surface area contributed by atoms with Crippen molar-refractivity contribution in [2.75, 3.05) is 5.73 Å². The highest BCUT2D eigenvalue weighted by atomic mass is 79.9. The quantitative estimate of drug-likeness (QED) is 0.445. The summed E-state index contributed by atoms with van der Waals surface area (Å²) in [6.07, 6.45) is 2.25. The van der Waals surface area contributed by atoms with E-state index in [0.717, 1.165) is 34.1 Å². The maximum absolute atomic E-state index is 6.06. The van der Waals surface area contributed by atoms with Crippen LogP contribution in [-0.4, -0.2) is 0 Å². The third-order valence-electron chi connectivity index (χ3n) is 3.38. The van der Waals surface area contributed by atoms with Crippen molar-refractivity contribution in [3.63, 3.8) is 0 Å². The Hall–Kier alpha value is -1.36. The van der Waals surface area contributed by atoms with Gasteiger partial charge in [0.1, 0.15) is 0 Å². The predicted octanol–water partition coefficient (Wildman–Crippen LogP) is 3.54. The number of benzene rings is 2. The largest absolute Gasteiger partial charge is 0.398 e. The van der Waals surface area contributed by atoms with Crippen LogP contribution in [0.3, 0.4) is 0 Å². The molecule has 0 aliphatic rings. The molecule has 0 fully saturated rings. The van der Waals surface area contributed by atoms with Crippen molar-refractivity contribution in [1.82, 2.24) is 5.43 Å². The zero-order valence-electron chi connectivity index (χ0n) is 11.6. The molecule has 0 aliphatic carbocycles. The number of hydrogen-bond acceptors (Lipinski definition) is 3. The summed E-state index contributed by atoms with van der Waals surface area (Å²) in [4.78, 5) is 0. The van der Waals surface area contributed by atoms with Gasteiger partial charge in [0.25, 0.3) is 0 Å². The van der Waals surface area contributed by atoms with Crippen LogP contribution in [-0.2, 0) is 6.42 Å². The smallest absolute Gasteiger partial charge is 0.0730 e. The van der Waals surface area contributed by atoms with Crippen LogP contribution < -0.4 is 17.0 Å². The van der Waals surface area contributed by atoms with Crippen molar-refractivity contribution in [2.45, 2.75) is 25.8 Å². The molecule has 0 spiro atoms. The molecule has 0 saturated carbocycles. The molecule has 1 atom stereocenters. The van der Waals surface area contributed by atoms with Gasteiger partial charge in [0.2, 0.25) is 0 Å². The fraction of sp³-hybridized carbons (Fsp3) is 0.250. The van der Waals surface area contributed by atoms with Gasteiger partial charge in [-0.15, -0.1) is 0 Å². The van der Waals surface area contributed by atoms with Gasteiger partial charge in [-0.1, -0.05) is 53.5 Å². The van der Waals surface area contributed by atoms with Crippen molar-refractivity contribution in [3.8, 4) is 0 Å². The Morgan fingerprint density at radius 2 is 1.85 bits per heavy atom. The topological polar surface area (TPSA) is 64.1 Å². The molecule has 2 rings (SSSR count). The Kier molecular flexibility index (Phi) is 5.17. The molecule has 106 valence electrons. The number of anilines is 1. The lowest BCUT2D eigenvalue weighted by molar-refractivity contribution is 0.638. The standard InChI is InChI=1S/C16H20BrN3/c1-2-3-11-4-6-12(7-5-11)16(20-19)14-10-13(17)8-9-15(14)18/h4-10,16,20H,2-3,18-19H2,1H3. The van der Waals surface area contributed by atoms with Gasteiger partial charge in [-0.2, -0.15) is 0 Å². The lowest BCUT2D eigenvalue weighted by atomic mass is 9.96. The molecular weight excluding hydrogens is 314 g/mol. The Balaban J connectivity index is 2.34. The summed E-state index contributed by atoms with van der Waals surface area (Å²) in [5, 5.41) is 0. The fourth-order valence-electron chi connectivity index (χ4n) is 2.33. The molecule has 0 bridgehead atoms. The first-order valence-electron chi connectivity index (χ1n) is 6.75. The van der Waals surface area contributed by atoms with E-state index in [1.165, 1.54) is 5.56 Å². The number of nitrogens with one attached hydrogen (secondary N) is 1. The summed E-state index contributed by atoms with van der Waals surface area (Å²) in [7, 11) is 0. The summed E-state index contributed by atoms with van der Waals surface area (Å²) in [6.45, 7) is 2.18. The number of nitrogen functional groups attached to an aromatic ring is 1. The molecule has 0 aliphatic heterocycles. The normalized spacial score (nSPS) is 12.3. The van der Waals surface area contributed by atoms with Crippen LogP contribution in [0.2, 0.25) is 0 Å². The van der Waals surface area contributed by atoms with E-state index in [2.05, 4.69) is 52.5 Å². The molecule has 1 unspecified atom stereocenters. The number of nitrogens with two attached hydrogens (primary N) is 2. The second-order valence-electron chi connectivity index (χ2n) is 4.86. The first kappa shape index (κ1) is 15.0. The molecule has 0 aromatic heterocycles. The number of halogens is 1. The van der Waals surface area contributed by atoms with Gasteiger partial charge >= 0.3 is 0 Å². The lowest BCUT2D eigenvalue weighted by Crippen LogP contribution is -2.29. The van der Waals surface area contributed by atoms with Crippen LogP contribution in [0, 0.1) is 0 Å². The molecule has 0 amide bonds. The van der Waals surface area contributed by atoms with Gasteiger partial charge in [-0.05, 0) is 41.3 Å². The molecular formula is C16H20BrN3. The lowest BCUT2D eigenvalue weighted by Gasteiger charge is -2.19. The maximum atomic E-state index is 6.06. The zero-order chi connectivity index (χ0) is 14.5. The first-order valence-corrected chi connectivity index (χ1v) is 7.55. The third kappa shape index (κ3) is 3.39. The van der Waals surface area contributed by atoms with E-state index < -0.39 is 0 Å². The van der Waals surface area contributed by atoms with Crippen LogP contribution >= 0.6 is 15.9 Å². The average molecular weight is 334 g/mol. The van der Waals surface area contributed by atoms with Crippen LogP contribution in [0.25, 0.3) is 0 Å². The second kappa shape index (κ2) is 6.88.